The number of amides is 1. The fourth-order valence-electron chi connectivity index (χ4n) is 3.84. The van der Waals surface area contributed by atoms with Crippen LogP contribution in [0.1, 0.15) is 27.9 Å². The maximum absolute atomic E-state index is 13.2. The number of rotatable bonds is 5. The van der Waals surface area contributed by atoms with Crippen LogP contribution in [-0.4, -0.2) is 31.2 Å². The van der Waals surface area contributed by atoms with E-state index in [2.05, 4.69) is 6.07 Å². The van der Waals surface area contributed by atoms with E-state index in [1.54, 1.807) is 37.4 Å². The van der Waals surface area contributed by atoms with Gasteiger partial charge in [0, 0.05) is 30.6 Å². The van der Waals surface area contributed by atoms with E-state index in [-0.39, 0.29) is 11.5 Å². The fraction of sp³-hybridized carbons (Fsp3) is 0.250. The van der Waals surface area contributed by atoms with Gasteiger partial charge in [0.25, 0.3) is 11.5 Å². The highest BCUT2D eigenvalue weighted by atomic mass is 16.5. The van der Waals surface area contributed by atoms with Gasteiger partial charge in [0.2, 0.25) is 0 Å². The van der Waals surface area contributed by atoms with E-state index >= 15 is 0 Å². The van der Waals surface area contributed by atoms with Gasteiger partial charge in [-0.25, -0.2) is 0 Å². The SMILES string of the molecule is COc1cc(Cn2cc(C(=O)N3CCCc4ccccc43)ccc2=O)cc(OC)c1. The van der Waals surface area contributed by atoms with Crippen molar-refractivity contribution in [3.05, 3.63) is 87.8 Å². The molecule has 154 valence electrons. The third-order valence-corrected chi connectivity index (χ3v) is 5.35. The molecule has 1 aromatic heterocycles. The van der Waals surface area contributed by atoms with Crippen LogP contribution in [0.4, 0.5) is 5.69 Å². The molecule has 6 heteroatoms. The van der Waals surface area contributed by atoms with Crippen molar-refractivity contribution < 1.29 is 14.3 Å². The van der Waals surface area contributed by atoms with Crippen LogP contribution in [0, 0.1) is 0 Å². The zero-order valence-electron chi connectivity index (χ0n) is 17.1. The molecule has 0 unspecified atom stereocenters. The molecular formula is C24H24N2O4. The Labute approximate surface area is 175 Å². The molecule has 6 nitrogen and oxygen atoms in total. The zero-order valence-corrected chi connectivity index (χ0v) is 17.1. The summed E-state index contributed by atoms with van der Waals surface area (Å²) < 4.78 is 12.2. The monoisotopic (exact) mass is 404 g/mol. The molecule has 3 aromatic rings. The summed E-state index contributed by atoms with van der Waals surface area (Å²) in [6.07, 6.45) is 3.52. The quantitative estimate of drug-likeness (QED) is 0.653. The molecule has 0 fully saturated rings. The van der Waals surface area contributed by atoms with Crippen molar-refractivity contribution in [1.82, 2.24) is 4.57 Å². The molecule has 1 amide bonds. The molecule has 30 heavy (non-hydrogen) atoms. The number of pyridine rings is 1. The Bertz CT molecular complexity index is 1110. The number of anilines is 1. The van der Waals surface area contributed by atoms with E-state index < -0.39 is 0 Å². The Morgan fingerprint density at radius 2 is 1.73 bits per heavy atom. The standard InChI is InChI=1S/C24H24N2O4/c1-29-20-12-17(13-21(14-20)30-2)15-25-16-19(9-10-23(25)27)24(28)26-11-5-7-18-6-3-4-8-22(18)26/h3-4,6,8-10,12-14,16H,5,7,11,15H2,1-2H3. The smallest absolute Gasteiger partial charge is 0.259 e. The summed E-state index contributed by atoms with van der Waals surface area (Å²) in [4.78, 5) is 27.5. The van der Waals surface area contributed by atoms with Crippen LogP contribution < -0.4 is 19.9 Å². The van der Waals surface area contributed by atoms with Gasteiger partial charge in [-0.2, -0.15) is 0 Å². The Kier molecular flexibility index (Phi) is 5.57. The number of benzene rings is 2. The van der Waals surface area contributed by atoms with Crippen LogP contribution in [0.2, 0.25) is 0 Å². The first-order valence-corrected chi connectivity index (χ1v) is 9.91. The summed E-state index contributed by atoms with van der Waals surface area (Å²) in [6.45, 7) is 0.978. The Hall–Kier alpha value is -3.54. The summed E-state index contributed by atoms with van der Waals surface area (Å²) in [7, 11) is 3.17. The third kappa shape index (κ3) is 3.94. The number of fused-ring (bicyclic) bond motifs is 1. The molecule has 0 atom stereocenters. The second-order valence-electron chi connectivity index (χ2n) is 7.29. The van der Waals surface area contributed by atoms with Crippen molar-refractivity contribution in [1.29, 1.82) is 0 Å². The van der Waals surface area contributed by atoms with Crippen molar-refractivity contribution in [2.75, 3.05) is 25.7 Å². The van der Waals surface area contributed by atoms with Crippen molar-refractivity contribution in [3.8, 4) is 11.5 Å². The summed E-state index contributed by atoms with van der Waals surface area (Å²) in [6, 6.07) is 16.5. The topological polar surface area (TPSA) is 60.8 Å². The lowest BCUT2D eigenvalue weighted by Crippen LogP contribution is -2.36. The minimum absolute atomic E-state index is 0.0980. The summed E-state index contributed by atoms with van der Waals surface area (Å²) in [5, 5.41) is 0. The normalized spacial score (nSPS) is 12.9. The molecule has 0 saturated carbocycles. The van der Waals surface area contributed by atoms with Crippen molar-refractivity contribution in [2.45, 2.75) is 19.4 Å². The van der Waals surface area contributed by atoms with Gasteiger partial charge in [-0.15, -0.1) is 0 Å². The minimum atomic E-state index is -0.174. The highest BCUT2D eigenvalue weighted by Crippen LogP contribution is 2.28. The highest BCUT2D eigenvalue weighted by molar-refractivity contribution is 6.06. The number of hydrogen-bond acceptors (Lipinski definition) is 4. The van der Waals surface area contributed by atoms with Crippen LogP contribution in [-0.2, 0) is 13.0 Å². The highest BCUT2D eigenvalue weighted by Gasteiger charge is 2.23. The van der Waals surface area contributed by atoms with Gasteiger partial charge in [-0.3, -0.25) is 9.59 Å². The van der Waals surface area contributed by atoms with Crippen LogP contribution >= 0.6 is 0 Å². The van der Waals surface area contributed by atoms with E-state index in [0.29, 0.717) is 30.2 Å². The summed E-state index contributed by atoms with van der Waals surface area (Å²) >= 11 is 0. The number of ether oxygens (including phenoxy) is 2. The first-order valence-electron chi connectivity index (χ1n) is 9.91. The van der Waals surface area contributed by atoms with Gasteiger partial charge in [0.1, 0.15) is 11.5 Å². The number of para-hydroxylation sites is 1. The lowest BCUT2D eigenvalue weighted by atomic mass is 10.0. The van der Waals surface area contributed by atoms with Crippen molar-refractivity contribution in [3.63, 3.8) is 0 Å². The predicted octanol–water partition coefficient (Wildman–Crippen LogP) is 3.51. The van der Waals surface area contributed by atoms with Crippen LogP contribution in [0.15, 0.2) is 65.6 Å². The first-order chi connectivity index (χ1) is 14.6. The molecule has 0 radical (unpaired) electrons. The number of aryl methyl sites for hydroxylation is 1. The molecule has 4 rings (SSSR count). The molecule has 0 saturated heterocycles. The lowest BCUT2D eigenvalue weighted by molar-refractivity contribution is 0.0984. The van der Waals surface area contributed by atoms with Crippen molar-refractivity contribution >= 4 is 11.6 Å². The van der Waals surface area contributed by atoms with Gasteiger partial charge < -0.3 is 18.9 Å². The molecule has 2 aromatic carbocycles. The Morgan fingerprint density at radius 3 is 2.47 bits per heavy atom. The van der Waals surface area contributed by atoms with Crippen molar-refractivity contribution in [2.24, 2.45) is 0 Å². The van der Waals surface area contributed by atoms with Gasteiger partial charge in [-0.1, -0.05) is 18.2 Å². The van der Waals surface area contributed by atoms with Crippen LogP contribution in [0.3, 0.4) is 0 Å². The fourth-order valence-corrected chi connectivity index (χ4v) is 3.84. The van der Waals surface area contributed by atoms with E-state index in [9.17, 15) is 9.59 Å². The van der Waals surface area contributed by atoms with E-state index in [4.69, 9.17) is 9.47 Å². The number of nitrogens with zero attached hydrogens (tertiary/aromatic N) is 2. The number of hydrogen-bond donors (Lipinski definition) is 0. The minimum Gasteiger partial charge on any atom is -0.497 e. The Balaban J connectivity index is 1.65. The molecule has 0 spiro atoms. The van der Waals surface area contributed by atoms with Gasteiger partial charge in [0.15, 0.2) is 0 Å². The van der Waals surface area contributed by atoms with E-state index in [1.165, 1.54) is 16.2 Å². The third-order valence-electron chi connectivity index (χ3n) is 5.35. The molecule has 0 N–H and O–H groups in total. The summed E-state index contributed by atoms with van der Waals surface area (Å²) in [5.41, 5.74) is 3.28. The van der Waals surface area contributed by atoms with Gasteiger partial charge >= 0.3 is 0 Å². The second kappa shape index (κ2) is 8.45. The Morgan fingerprint density at radius 1 is 1.00 bits per heavy atom. The maximum atomic E-state index is 13.2. The van der Waals surface area contributed by atoms with Crippen LogP contribution in [0.25, 0.3) is 0 Å². The molecule has 1 aliphatic heterocycles. The largest absolute Gasteiger partial charge is 0.497 e. The molecule has 0 aliphatic carbocycles. The molecule has 2 heterocycles. The van der Waals surface area contributed by atoms with E-state index in [1.807, 2.05) is 30.3 Å². The number of carbonyl (C=O) groups excluding carboxylic acids is 1. The van der Waals surface area contributed by atoms with Crippen LogP contribution in [0.5, 0.6) is 11.5 Å². The van der Waals surface area contributed by atoms with Gasteiger partial charge in [0.05, 0.1) is 26.3 Å². The number of aromatic nitrogens is 1. The zero-order chi connectivity index (χ0) is 21.1. The maximum Gasteiger partial charge on any atom is 0.259 e. The number of methoxy groups -OCH3 is 2. The number of carbonyl (C=O) groups is 1. The average molecular weight is 404 g/mol. The lowest BCUT2D eigenvalue weighted by Gasteiger charge is -2.29. The summed E-state index contributed by atoms with van der Waals surface area (Å²) in [5.74, 6) is 1.20. The molecule has 0 bridgehead atoms. The first kappa shape index (κ1) is 19.8. The molecule has 1 aliphatic rings. The van der Waals surface area contributed by atoms with Gasteiger partial charge in [-0.05, 0) is 48.2 Å². The second-order valence-corrected chi connectivity index (χ2v) is 7.29. The average Bonchev–Trinajstić information content (AvgIpc) is 2.79. The predicted molar refractivity (Wildman–Crippen MR) is 116 cm³/mol. The molecular weight excluding hydrogens is 380 g/mol. The van der Waals surface area contributed by atoms with E-state index in [0.717, 1.165) is 24.1 Å².